The van der Waals surface area contributed by atoms with Crippen molar-refractivity contribution in [3.05, 3.63) is 0 Å². The maximum atomic E-state index is 12.3. The minimum Gasteiger partial charge on any atom is -0.368 e. The first-order valence-corrected chi connectivity index (χ1v) is 7.28. The molecule has 3 aliphatic heterocycles. The van der Waals surface area contributed by atoms with Crippen molar-refractivity contribution in [3.63, 3.8) is 0 Å². The number of amides is 1. The highest BCUT2D eigenvalue weighted by Gasteiger charge is 2.41. The number of rotatable bonds is 1. The fourth-order valence-electron chi connectivity index (χ4n) is 3.74. The summed E-state index contributed by atoms with van der Waals surface area (Å²) in [4.78, 5) is 16.7. The van der Waals surface area contributed by atoms with Gasteiger partial charge >= 0.3 is 0 Å². The lowest BCUT2D eigenvalue weighted by Crippen LogP contribution is -2.47. The van der Waals surface area contributed by atoms with Crippen LogP contribution in [-0.2, 0) is 9.53 Å². The van der Waals surface area contributed by atoms with Crippen molar-refractivity contribution in [2.75, 3.05) is 39.8 Å². The van der Waals surface area contributed by atoms with E-state index in [-0.39, 0.29) is 12.0 Å². The van der Waals surface area contributed by atoms with E-state index in [0.717, 1.165) is 32.5 Å². The standard InChI is InChI=1S/C14H24N2O2/c1-15-7-4-14(11-15)5-8-16(9-6-14)13(17)12-3-2-10-18-12/h12H,2-11H2,1H3. The molecule has 0 aromatic heterocycles. The highest BCUT2D eigenvalue weighted by molar-refractivity contribution is 5.81. The zero-order valence-electron chi connectivity index (χ0n) is 11.4. The molecule has 1 amide bonds. The van der Waals surface area contributed by atoms with E-state index in [1.54, 1.807) is 0 Å². The molecule has 18 heavy (non-hydrogen) atoms. The Morgan fingerprint density at radius 1 is 1.22 bits per heavy atom. The maximum absolute atomic E-state index is 12.3. The second kappa shape index (κ2) is 4.82. The molecule has 1 atom stereocenters. The Morgan fingerprint density at radius 2 is 1.94 bits per heavy atom. The van der Waals surface area contributed by atoms with Crippen LogP contribution in [0.2, 0.25) is 0 Å². The maximum Gasteiger partial charge on any atom is 0.251 e. The molecule has 3 saturated heterocycles. The second-order valence-electron chi connectivity index (χ2n) is 6.31. The molecule has 1 spiro atoms. The van der Waals surface area contributed by atoms with Gasteiger partial charge in [-0.1, -0.05) is 0 Å². The van der Waals surface area contributed by atoms with Gasteiger partial charge in [0.15, 0.2) is 0 Å². The van der Waals surface area contributed by atoms with Crippen molar-refractivity contribution < 1.29 is 9.53 Å². The first-order valence-electron chi connectivity index (χ1n) is 7.28. The Labute approximate surface area is 109 Å². The lowest BCUT2D eigenvalue weighted by Gasteiger charge is -2.40. The van der Waals surface area contributed by atoms with Gasteiger partial charge in [-0.25, -0.2) is 0 Å². The number of hydrogen-bond acceptors (Lipinski definition) is 3. The molecular formula is C14H24N2O2. The first kappa shape index (κ1) is 12.4. The molecule has 1 unspecified atom stereocenters. The second-order valence-corrected chi connectivity index (χ2v) is 6.31. The molecule has 0 aliphatic carbocycles. The van der Waals surface area contributed by atoms with Gasteiger partial charge in [0.2, 0.25) is 0 Å². The summed E-state index contributed by atoms with van der Waals surface area (Å²) in [5.41, 5.74) is 0.502. The van der Waals surface area contributed by atoms with Crippen molar-refractivity contribution >= 4 is 5.91 Å². The predicted octanol–water partition coefficient (Wildman–Crippen LogP) is 1.11. The zero-order valence-corrected chi connectivity index (χ0v) is 11.4. The van der Waals surface area contributed by atoms with Gasteiger partial charge in [0, 0.05) is 26.2 Å². The fraction of sp³-hybridized carbons (Fsp3) is 0.929. The molecule has 4 nitrogen and oxygen atoms in total. The van der Waals surface area contributed by atoms with E-state index >= 15 is 0 Å². The number of likely N-dealkylation sites (tertiary alicyclic amines) is 2. The number of piperidine rings is 1. The SMILES string of the molecule is CN1CCC2(CCN(C(=O)C3CCCO3)CC2)C1. The molecular weight excluding hydrogens is 228 g/mol. The first-order chi connectivity index (χ1) is 8.69. The van der Waals surface area contributed by atoms with Crippen LogP contribution in [0.4, 0.5) is 0 Å². The quantitative estimate of drug-likeness (QED) is 0.701. The Morgan fingerprint density at radius 3 is 2.50 bits per heavy atom. The summed E-state index contributed by atoms with van der Waals surface area (Å²) in [6, 6.07) is 0. The number of carbonyl (C=O) groups excluding carboxylic acids is 1. The van der Waals surface area contributed by atoms with Gasteiger partial charge < -0.3 is 14.5 Å². The van der Waals surface area contributed by atoms with E-state index in [0.29, 0.717) is 5.41 Å². The number of hydrogen-bond donors (Lipinski definition) is 0. The van der Waals surface area contributed by atoms with Crippen LogP contribution in [0.3, 0.4) is 0 Å². The topological polar surface area (TPSA) is 32.8 Å². The van der Waals surface area contributed by atoms with Crippen LogP contribution in [0.5, 0.6) is 0 Å². The predicted molar refractivity (Wildman–Crippen MR) is 69.3 cm³/mol. The summed E-state index contributed by atoms with van der Waals surface area (Å²) in [5, 5.41) is 0. The molecule has 0 aromatic carbocycles. The van der Waals surface area contributed by atoms with Gasteiger partial charge in [-0.3, -0.25) is 4.79 Å². The average Bonchev–Trinajstić information content (AvgIpc) is 3.00. The van der Waals surface area contributed by atoms with Crippen LogP contribution < -0.4 is 0 Å². The highest BCUT2D eigenvalue weighted by atomic mass is 16.5. The van der Waals surface area contributed by atoms with E-state index in [4.69, 9.17) is 4.74 Å². The van der Waals surface area contributed by atoms with Gasteiger partial charge in [-0.05, 0) is 51.1 Å². The lowest BCUT2D eigenvalue weighted by molar-refractivity contribution is -0.143. The normalized spacial score (nSPS) is 32.3. The van der Waals surface area contributed by atoms with Crippen molar-refractivity contribution in [1.82, 2.24) is 9.80 Å². The van der Waals surface area contributed by atoms with Crippen LogP contribution in [0.1, 0.15) is 32.1 Å². The van der Waals surface area contributed by atoms with E-state index in [9.17, 15) is 4.79 Å². The Hall–Kier alpha value is -0.610. The van der Waals surface area contributed by atoms with E-state index in [1.807, 2.05) is 4.90 Å². The highest BCUT2D eigenvalue weighted by Crippen LogP contribution is 2.40. The molecule has 0 radical (unpaired) electrons. The molecule has 0 aromatic rings. The molecule has 3 aliphatic rings. The van der Waals surface area contributed by atoms with Crippen LogP contribution in [0, 0.1) is 5.41 Å². The molecule has 3 fully saturated rings. The summed E-state index contributed by atoms with van der Waals surface area (Å²) in [7, 11) is 2.21. The molecule has 0 N–H and O–H groups in total. The van der Waals surface area contributed by atoms with Crippen LogP contribution in [0.15, 0.2) is 0 Å². The van der Waals surface area contributed by atoms with Crippen molar-refractivity contribution in [2.24, 2.45) is 5.41 Å². The number of carbonyl (C=O) groups is 1. The van der Waals surface area contributed by atoms with Crippen molar-refractivity contribution in [3.8, 4) is 0 Å². The number of ether oxygens (including phenoxy) is 1. The third-order valence-electron chi connectivity index (χ3n) is 4.97. The van der Waals surface area contributed by atoms with Gasteiger partial charge in [0.1, 0.15) is 6.10 Å². The number of nitrogens with zero attached hydrogens (tertiary/aromatic N) is 2. The molecule has 0 bridgehead atoms. The minimum atomic E-state index is -0.134. The fourth-order valence-corrected chi connectivity index (χ4v) is 3.74. The van der Waals surface area contributed by atoms with Crippen molar-refractivity contribution in [1.29, 1.82) is 0 Å². The largest absolute Gasteiger partial charge is 0.368 e. The summed E-state index contributed by atoms with van der Waals surface area (Å²) in [5.74, 6) is 0.244. The zero-order chi connectivity index (χ0) is 12.6. The molecule has 102 valence electrons. The van der Waals surface area contributed by atoms with Crippen LogP contribution in [-0.4, -0.2) is 61.6 Å². The molecule has 3 rings (SSSR count). The van der Waals surface area contributed by atoms with Crippen LogP contribution in [0.25, 0.3) is 0 Å². The van der Waals surface area contributed by atoms with Crippen LogP contribution >= 0.6 is 0 Å². The Balaban J connectivity index is 1.55. The summed E-state index contributed by atoms with van der Waals surface area (Å²) in [6.07, 6.45) is 5.49. The van der Waals surface area contributed by atoms with E-state index in [2.05, 4.69) is 11.9 Å². The smallest absolute Gasteiger partial charge is 0.251 e. The summed E-state index contributed by atoms with van der Waals surface area (Å²) >= 11 is 0. The molecule has 3 heterocycles. The van der Waals surface area contributed by atoms with Gasteiger partial charge in [0.25, 0.3) is 5.91 Å². The third-order valence-corrected chi connectivity index (χ3v) is 4.97. The monoisotopic (exact) mass is 252 g/mol. The van der Waals surface area contributed by atoms with Gasteiger partial charge in [-0.2, -0.15) is 0 Å². The van der Waals surface area contributed by atoms with Gasteiger partial charge in [0.05, 0.1) is 0 Å². The van der Waals surface area contributed by atoms with Crippen molar-refractivity contribution in [2.45, 2.75) is 38.2 Å². The summed E-state index contributed by atoms with van der Waals surface area (Å²) in [6.45, 7) is 5.08. The third kappa shape index (κ3) is 2.28. The Bertz CT molecular complexity index is 318. The lowest BCUT2D eigenvalue weighted by atomic mass is 9.77. The minimum absolute atomic E-state index is 0.134. The van der Waals surface area contributed by atoms with E-state index in [1.165, 1.54) is 32.4 Å². The molecule has 4 heteroatoms. The average molecular weight is 252 g/mol. The Kier molecular flexibility index (Phi) is 3.32. The summed E-state index contributed by atoms with van der Waals surface area (Å²) < 4.78 is 5.50. The molecule has 0 saturated carbocycles. The van der Waals surface area contributed by atoms with E-state index < -0.39 is 0 Å². The van der Waals surface area contributed by atoms with Gasteiger partial charge in [-0.15, -0.1) is 0 Å².